The number of nitrogens with zero attached hydrogens (tertiary/aromatic N) is 3. The number of fused-ring (bicyclic) bond motifs is 1. The molecule has 0 fully saturated rings. The molecule has 0 aliphatic carbocycles. The van der Waals surface area contributed by atoms with E-state index in [1.54, 1.807) is 37.4 Å². The van der Waals surface area contributed by atoms with Crippen LogP contribution in [0.1, 0.15) is 57.2 Å². The van der Waals surface area contributed by atoms with E-state index in [-0.39, 0.29) is 11.5 Å². The van der Waals surface area contributed by atoms with Gasteiger partial charge in [-0.15, -0.1) is 0 Å². The summed E-state index contributed by atoms with van der Waals surface area (Å²) in [5.74, 6) is 1.66. The summed E-state index contributed by atoms with van der Waals surface area (Å²) in [4.78, 5) is 30.7. The average Bonchev–Trinajstić information content (AvgIpc) is 2.98. The van der Waals surface area contributed by atoms with Gasteiger partial charge in [-0.3, -0.25) is 4.79 Å². The molecule has 0 N–H and O–H groups in total. The van der Waals surface area contributed by atoms with E-state index in [9.17, 15) is 9.59 Å². The smallest absolute Gasteiger partial charge is 0.346 e. The number of rotatable bonds is 11. The molecule has 3 aromatic carbocycles. The topological polar surface area (TPSA) is 101 Å². The Bertz CT molecular complexity index is 1730. The molecule has 0 amide bonds. The van der Waals surface area contributed by atoms with Crippen LogP contribution < -0.4 is 19.8 Å². The first-order chi connectivity index (χ1) is 20.6. The molecule has 0 bridgehead atoms. The first-order valence-electron chi connectivity index (χ1n) is 14.1. The van der Waals surface area contributed by atoms with E-state index in [4.69, 9.17) is 23.9 Å². The summed E-state index contributed by atoms with van der Waals surface area (Å²) in [7, 11) is 1.30. The van der Waals surface area contributed by atoms with Crippen molar-refractivity contribution in [3.8, 4) is 28.6 Å². The number of hydrogen-bond acceptors (Lipinski definition) is 8. The summed E-state index contributed by atoms with van der Waals surface area (Å²) >= 11 is 3.53. The number of carbonyl (C=O) groups is 1. The molecule has 1 aromatic heterocycles. The average molecular weight is 651 g/mol. The highest BCUT2D eigenvalue weighted by atomic mass is 79.9. The van der Waals surface area contributed by atoms with E-state index in [1.807, 2.05) is 45.0 Å². The highest BCUT2D eigenvalue weighted by Crippen LogP contribution is 2.38. The summed E-state index contributed by atoms with van der Waals surface area (Å²) in [6.45, 7) is 12.5. The van der Waals surface area contributed by atoms with Gasteiger partial charge in [0.25, 0.3) is 5.56 Å². The number of esters is 1. The quantitative estimate of drug-likeness (QED) is 0.129. The molecule has 226 valence electrons. The van der Waals surface area contributed by atoms with Gasteiger partial charge in [0, 0.05) is 5.56 Å². The number of halogens is 1. The fraction of sp³-hybridized carbons (Fsp3) is 0.333. The van der Waals surface area contributed by atoms with Crippen LogP contribution in [0.3, 0.4) is 0 Å². The van der Waals surface area contributed by atoms with Gasteiger partial charge < -0.3 is 18.9 Å². The van der Waals surface area contributed by atoms with Gasteiger partial charge in [0.15, 0.2) is 23.4 Å². The van der Waals surface area contributed by atoms with Gasteiger partial charge in [0.2, 0.25) is 0 Å². The van der Waals surface area contributed by atoms with Crippen LogP contribution in [0.2, 0.25) is 0 Å². The summed E-state index contributed by atoms with van der Waals surface area (Å²) in [5, 5.41) is 5.10. The largest absolute Gasteiger partial charge is 0.494 e. The highest BCUT2D eigenvalue weighted by Gasteiger charge is 2.21. The molecular weight excluding hydrogens is 614 g/mol. The Kier molecular flexibility index (Phi) is 10.2. The number of hydrogen-bond donors (Lipinski definition) is 0. The van der Waals surface area contributed by atoms with Crippen molar-refractivity contribution in [2.45, 2.75) is 53.6 Å². The van der Waals surface area contributed by atoms with E-state index in [0.29, 0.717) is 51.5 Å². The number of aryl methyl sites for hydroxylation is 1. The van der Waals surface area contributed by atoms with Gasteiger partial charge in [-0.2, -0.15) is 9.78 Å². The van der Waals surface area contributed by atoms with Crippen LogP contribution in [0.5, 0.6) is 17.2 Å². The van der Waals surface area contributed by atoms with E-state index >= 15 is 0 Å². The molecule has 4 rings (SSSR count). The zero-order valence-electron chi connectivity index (χ0n) is 25.4. The maximum Gasteiger partial charge on any atom is 0.346 e. The lowest BCUT2D eigenvalue weighted by molar-refractivity contribution is -0.148. The molecule has 1 atom stereocenters. The molecule has 0 radical (unpaired) electrons. The van der Waals surface area contributed by atoms with Crippen LogP contribution in [-0.2, 0) is 9.53 Å². The van der Waals surface area contributed by atoms with E-state index in [2.05, 4.69) is 34.9 Å². The number of ether oxygens (including phenoxy) is 4. The Morgan fingerprint density at radius 1 is 1.05 bits per heavy atom. The standard InChI is InChI=1S/C33H36BrN3O6/c1-8-41-28-14-20(5)25(17-24(28)19(3)4)31-36-27-13-11-10-12-23(27)32(38)37(31)35-18-22-15-26(34)30(29(16-22)42-9-2)43-21(6)33(39)40-7/h10-19,21H,8-9H2,1-7H3/t21-/m1/s1. The van der Waals surface area contributed by atoms with Gasteiger partial charge in [-0.1, -0.05) is 26.0 Å². The molecule has 10 heteroatoms. The van der Waals surface area contributed by atoms with Crippen LogP contribution in [0.25, 0.3) is 22.3 Å². The fourth-order valence-corrected chi connectivity index (χ4v) is 5.18. The zero-order valence-corrected chi connectivity index (χ0v) is 27.0. The van der Waals surface area contributed by atoms with Crippen molar-refractivity contribution in [2.24, 2.45) is 5.10 Å². The minimum atomic E-state index is -0.849. The maximum atomic E-state index is 13.8. The molecule has 0 aliphatic heterocycles. The Labute approximate surface area is 259 Å². The number of carbonyl (C=O) groups excluding carboxylic acids is 1. The lowest BCUT2D eigenvalue weighted by atomic mass is 9.96. The molecule has 0 aliphatic rings. The number of aromatic nitrogens is 2. The predicted molar refractivity (Wildman–Crippen MR) is 172 cm³/mol. The minimum absolute atomic E-state index is 0.182. The van der Waals surface area contributed by atoms with Crippen molar-refractivity contribution in [3.63, 3.8) is 0 Å². The maximum absolute atomic E-state index is 13.8. The van der Waals surface area contributed by atoms with Gasteiger partial charge in [0.05, 0.1) is 41.9 Å². The Hall–Kier alpha value is -4.18. The lowest BCUT2D eigenvalue weighted by Gasteiger charge is -2.18. The van der Waals surface area contributed by atoms with Crippen LogP contribution in [0.15, 0.2) is 62.9 Å². The second kappa shape index (κ2) is 13.9. The normalized spacial score (nSPS) is 12.1. The highest BCUT2D eigenvalue weighted by molar-refractivity contribution is 9.10. The SMILES string of the molecule is CCOc1cc(C)c(-c2nc3ccccc3c(=O)n2N=Cc2cc(Br)c(O[C@H](C)C(=O)OC)c(OCC)c2)cc1C(C)C. The molecule has 43 heavy (non-hydrogen) atoms. The number of methoxy groups -OCH3 is 1. The van der Waals surface area contributed by atoms with Crippen molar-refractivity contribution in [3.05, 3.63) is 80.0 Å². The fourth-order valence-electron chi connectivity index (χ4n) is 4.63. The first-order valence-corrected chi connectivity index (χ1v) is 14.9. The molecular formula is C33H36BrN3O6. The van der Waals surface area contributed by atoms with Gasteiger partial charge in [0.1, 0.15) is 5.75 Å². The molecule has 4 aromatic rings. The Balaban J connectivity index is 1.88. The molecule has 1 heterocycles. The van der Waals surface area contributed by atoms with Crippen LogP contribution in [0.4, 0.5) is 0 Å². The number of benzene rings is 3. The molecule has 0 saturated heterocycles. The van der Waals surface area contributed by atoms with Crippen molar-refractivity contribution in [1.29, 1.82) is 0 Å². The molecule has 0 unspecified atom stereocenters. The van der Waals surface area contributed by atoms with Crippen LogP contribution in [-0.4, -0.2) is 48.3 Å². The van der Waals surface area contributed by atoms with Crippen LogP contribution >= 0.6 is 15.9 Å². The molecule has 9 nitrogen and oxygen atoms in total. The molecule has 0 spiro atoms. The van der Waals surface area contributed by atoms with Crippen LogP contribution in [0, 0.1) is 6.92 Å². The summed E-state index contributed by atoms with van der Waals surface area (Å²) < 4.78 is 24.2. The van der Waals surface area contributed by atoms with Crippen molar-refractivity contribution >= 4 is 39.0 Å². The Morgan fingerprint density at radius 2 is 1.74 bits per heavy atom. The van der Waals surface area contributed by atoms with Crippen molar-refractivity contribution in [2.75, 3.05) is 20.3 Å². The van der Waals surface area contributed by atoms with E-state index < -0.39 is 12.1 Å². The molecule has 0 saturated carbocycles. The third-order valence-corrected chi connectivity index (χ3v) is 7.34. The van der Waals surface area contributed by atoms with E-state index in [0.717, 1.165) is 22.4 Å². The summed E-state index contributed by atoms with van der Waals surface area (Å²) in [6.07, 6.45) is 0.716. The second-order valence-corrected chi connectivity index (χ2v) is 11.0. The van der Waals surface area contributed by atoms with Gasteiger partial charge in [-0.05, 0) is 103 Å². The minimum Gasteiger partial charge on any atom is -0.494 e. The third kappa shape index (κ3) is 6.91. The second-order valence-electron chi connectivity index (χ2n) is 10.2. The summed E-state index contributed by atoms with van der Waals surface area (Å²) in [6, 6.07) is 14.7. The lowest BCUT2D eigenvalue weighted by Crippen LogP contribution is -2.25. The predicted octanol–water partition coefficient (Wildman–Crippen LogP) is 6.88. The third-order valence-electron chi connectivity index (χ3n) is 6.76. The summed E-state index contributed by atoms with van der Waals surface area (Å²) in [5.41, 5.74) is 3.61. The van der Waals surface area contributed by atoms with Crippen molar-refractivity contribution in [1.82, 2.24) is 9.66 Å². The monoisotopic (exact) mass is 649 g/mol. The number of para-hydroxylation sites is 1. The Morgan fingerprint density at radius 3 is 2.42 bits per heavy atom. The zero-order chi connectivity index (χ0) is 31.3. The van der Waals surface area contributed by atoms with Crippen molar-refractivity contribution < 1.29 is 23.7 Å². The first kappa shape index (κ1) is 31.7. The van der Waals surface area contributed by atoms with Gasteiger partial charge >= 0.3 is 5.97 Å². The van der Waals surface area contributed by atoms with E-state index in [1.165, 1.54) is 11.8 Å². The van der Waals surface area contributed by atoms with Gasteiger partial charge in [-0.25, -0.2) is 9.78 Å².